The molecule has 1 atom stereocenters. The molecule has 1 aromatic heterocycles. The van der Waals surface area contributed by atoms with E-state index in [1.807, 2.05) is 0 Å². The van der Waals surface area contributed by atoms with Gasteiger partial charge in [0.05, 0.1) is 55.3 Å². The average molecular weight is 514 g/mol. The van der Waals surface area contributed by atoms with Crippen molar-refractivity contribution >= 4 is 29.4 Å². The number of pyridine rings is 1. The van der Waals surface area contributed by atoms with E-state index >= 15 is 0 Å². The zero-order valence-corrected chi connectivity index (χ0v) is 21.1. The molecule has 1 aliphatic heterocycles. The van der Waals surface area contributed by atoms with Crippen LogP contribution in [0.1, 0.15) is 35.7 Å². The fourth-order valence-corrected chi connectivity index (χ4v) is 4.12. The van der Waals surface area contributed by atoms with Crippen LogP contribution in [0, 0.1) is 0 Å². The van der Waals surface area contributed by atoms with Crippen LogP contribution in [0.5, 0.6) is 0 Å². The van der Waals surface area contributed by atoms with Crippen molar-refractivity contribution in [1.82, 2.24) is 15.6 Å². The molecule has 0 radical (unpaired) electrons. The number of esters is 2. The summed E-state index contributed by atoms with van der Waals surface area (Å²) >= 11 is 6.49. The van der Waals surface area contributed by atoms with Crippen LogP contribution in [-0.2, 0) is 23.8 Å². The molecule has 1 unspecified atom stereocenters. The lowest BCUT2D eigenvalue weighted by Gasteiger charge is -2.31. The lowest BCUT2D eigenvalue weighted by atomic mass is 9.80. The summed E-state index contributed by atoms with van der Waals surface area (Å²) in [6, 6.07) is 10.3. The van der Waals surface area contributed by atoms with Gasteiger partial charge in [-0.15, -0.1) is 0 Å². The molecule has 3 rings (SSSR count). The molecule has 1 amide bonds. The normalized spacial score (nSPS) is 15.3. The Balaban J connectivity index is 1.85. The van der Waals surface area contributed by atoms with Crippen molar-refractivity contribution < 1.29 is 28.6 Å². The van der Waals surface area contributed by atoms with Crippen molar-refractivity contribution in [3.63, 3.8) is 0 Å². The number of methoxy groups -OCH3 is 1. The number of nitrogens with zero attached hydrogens (tertiary/aromatic N) is 1. The van der Waals surface area contributed by atoms with Crippen LogP contribution < -0.4 is 10.6 Å². The first kappa shape index (κ1) is 26.9. The maximum Gasteiger partial charge on any atom is 0.336 e. The number of hydrogen-bond donors (Lipinski definition) is 2. The summed E-state index contributed by atoms with van der Waals surface area (Å²) in [6.45, 7) is 3.98. The highest BCUT2D eigenvalue weighted by atomic mass is 35.5. The first-order valence-corrected chi connectivity index (χ1v) is 11.7. The van der Waals surface area contributed by atoms with Crippen molar-refractivity contribution in [2.24, 2.45) is 0 Å². The Hall–Kier alpha value is -3.69. The lowest BCUT2D eigenvalue weighted by Crippen LogP contribution is -2.35. The second kappa shape index (κ2) is 12.9. The smallest absolute Gasteiger partial charge is 0.336 e. The summed E-state index contributed by atoms with van der Waals surface area (Å²) < 4.78 is 16.1. The van der Waals surface area contributed by atoms with Crippen molar-refractivity contribution in [3.8, 4) is 0 Å². The minimum atomic E-state index is -0.824. The lowest BCUT2D eigenvalue weighted by molar-refractivity contribution is -0.139. The first-order valence-electron chi connectivity index (χ1n) is 11.4. The summed E-state index contributed by atoms with van der Waals surface area (Å²) in [5.74, 6) is -2.29. The SMILES string of the molecule is CCOC(=O)C1=C(COCCNC(=O)c2cccnc2)NC(C)=C(C(=O)OC)C1c1ccccc1Cl. The number of allylic oxidation sites excluding steroid dienone is 1. The summed E-state index contributed by atoms with van der Waals surface area (Å²) in [4.78, 5) is 42.0. The highest BCUT2D eigenvalue weighted by molar-refractivity contribution is 6.31. The molecule has 0 saturated carbocycles. The molecule has 2 heterocycles. The van der Waals surface area contributed by atoms with Gasteiger partial charge in [0.2, 0.25) is 0 Å². The second-order valence-corrected chi connectivity index (χ2v) is 8.18. The van der Waals surface area contributed by atoms with E-state index in [2.05, 4.69) is 15.6 Å². The molecule has 0 aliphatic carbocycles. The zero-order chi connectivity index (χ0) is 26.1. The molecular weight excluding hydrogens is 486 g/mol. The number of hydrogen-bond acceptors (Lipinski definition) is 8. The van der Waals surface area contributed by atoms with Gasteiger partial charge in [-0.2, -0.15) is 0 Å². The molecule has 2 N–H and O–H groups in total. The van der Waals surface area contributed by atoms with E-state index < -0.39 is 17.9 Å². The van der Waals surface area contributed by atoms with Gasteiger partial charge in [-0.05, 0) is 37.6 Å². The van der Waals surface area contributed by atoms with Gasteiger partial charge in [0.1, 0.15) is 0 Å². The molecular formula is C26H28ClN3O6. The van der Waals surface area contributed by atoms with Crippen molar-refractivity contribution in [1.29, 1.82) is 0 Å². The molecule has 0 bridgehead atoms. The number of rotatable bonds is 10. The molecule has 1 aromatic carbocycles. The van der Waals surface area contributed by atoms with Crippen LogP contribution in [0.15, 0.2) is 71.3 Å². The van der Waals surface area contributed by atoms with Gasteiger partial charge >= 0.3 is 11.9 Å². The van der Waals surface area contributed by atoms with E-state index in [-0.39, 0.29) is 43.4 Å². The van der Waals surface area contributed by atoms with Crippen LogP contribution in [-0.4, -0.2) is 56.3 Å². The van der Waals surface area contributed by atoms with Gasteiger partial charge in [-0.25, -0.2) is 9.59 Å². The van der Waals surface area contributed by atoms with E-state index in [4.69, 9.17) is 25.8 Å². The Kier molecular flexibility index (Phi) is 9.61. The quantitative estimate of drug-likeness (QED) is 0.368. The molecule has 190 valence electrons. The van der Waals surface area contributed by atoms with Gasteiger partial charge in [0.15, 0.2) is 0 Å². The van der Waals surface area contributed by atoms with E-state index in [0.717, 1.165) is 0 Å². The average Bonchev–Trinajstić information content (AvgIpc) is 2.88. The third-order valence-corrected chi connectivity index (χ3v) is 5.81. The van der Waals surface area contributed by atoms with Crippen molar-refractivity contribution in [3.05, 3.63) is 87.5 Å². The van der Waals surface area contributed by atoms with E-state index in [9.17, 15) is 14.4 Å². The first-order chi connectivity index (χ1) is 17.4. The predicted octanol–water partition coefficient (Wildman–Crippen LogP) is 3.13. The number of nitrogens with one attached hydrogen (secondary N) is 2. The number of carbonyl (C=O) groups excluding carboxylic acids is 3. The maximum absolute atomic E-state index is 13.1. The minimum Gasteiger partial charge on any atom is -0.466 e. The number of aromatic nitrogens is 1. The Bertz CT molecular complexity index is 1180. The number of benzene rings is 1. The number of dihydropyridines is 1. The maximum atomic E-state index is 13.1. The van der Waals surface area contributed by atoms with Gasteiger partial charge in [0, 0.05) is 29.7 Å². The zero-order valence-electron chi connectivity index (χ0n) is 20.3. The monoisotopic (exact) mass is 513 g/mol. The van der Waals surface area contributed by atoms with E-state index in [1.165, 1.54) is 13.3 Å². The Morgan fingerprint density at radius 3 is 2.56 bits per heavy atom. The van der Waals surface area contributed by atoms with Crippen LogP contribution in [0.4, 0.5) is 0 Å². The minimum absolute atomic E-state index is 0.00363. The summed E-state index contributed by atoms with van der Waals surface area (Å²) in [5, 5.41) is 6.25. The molecule has 10 heteroatoms. The van der Waals surface area contributed by atoms with Crippen LogP contribution in [0.3, 0.4) is 0 Å². The Labute approximate surface area is 214 Å². The largest absolute Gasteiger partial charge is 0.466 e. The molecule has 1 aliphatic rings. The fourth-order valence-electron chi connectivity index (χ4n) is 3.87. The van der Waals surface area contributed by atoms with Crippen molar-refractivity contribution in [2.45, 2.75) is 19.8 Å². The van der Waals surface area contributed by atoms with Gasteiger partial charge in [-0.1, -0.05) is 29.8 Å². The van der Waals surface area contributed by atoms with Crippen LogP contribution in [0.25, 0.3) is 0 Å². The van der Waals surface area contributed by atoms with Gasteiger partial charge in [-0.3, -0.25) is 9.78 Å². The second-order valence-electron chi connectivity index (χ2n) is 7.77. The Morgan fingerprint density at radius 1 is 1.11 bits per heavy atom. The number of amides is 1. The number of carbonyl (C=O) groups is 3. The molecule has 0 fully saturated rings. The molecule has 9 nitrogen and oxygen atoms in total. The van der Waals surface area contributed by atoms with E-state index in [0.29, 0.717) is 27.5 Å². The van der Waals surface area contributed by atoms with Gasteiger partial charge in [0.25, 0.3) is 5.91 Å². The third-order valence-electron chi connectivity index (χ3n) is 5.46. The Morgan fingerprint density at radius 2 is 1.89 bits per heavy atom. The van der Waals surface area contributed by atoms with Crippen LogP contribution >= 0.6 is 11.6 Å². The highest BCUT2D eigenvalue weighted by Crippen LogP contribution is 2.41. The third kappa shape index (κ3) is 6.30. The van der Waals surface area contributed by atoms with E-state index in [1.54, 1.807) is 56.4 Å². The molecule has 0 saturated heterocycles. The summed E-state index contributed by atoms with van der Waals surface area (Å²) in [5.41, 5.74) is 2.39. The fraction of sp³-hybridized carbons (Fsp3) is 0.308. The summed E-state index contributed by atoms with van der Waals surface area (Å²) in [6.07, 6.45) is 3.06. The topological polar surface area (TPSA) is 116 Å². The molecule has 2 aromatic rings. The molecule has 0 spiro atoms. The number of halogens is 1. The van der Waals surface area contributed by atoms with Crippen LogP contribution in [0.2, 0.25) is 5.02 Å². The summed E-state index contributed by atoms with van der Waals surface area (Å²) in [7, 11) is 1.28. The molecule has 36 heavy (non-hydrogen) atoms. The standard InChI is InChI=1S/C26H28ClN3O6/c1-4-36-26(33)23-20(15-35-13-12-29-24(31)17-8-7-11-28-14-17)30-16(2)21(25(32)34-3)22(23)18-9-5-6-10-19(18)27/h5-11,14,22,30H,4,12-13,15H2,1-3H3,(H,29,31). The highest BCUT2D eigenvalue weighted by Gasteiger charge is 2.39. The van der Waals surface area contributed by atoms with Gasteiger partial charge < -0.3 is 24.8 Å². The van der Waals surface area contributed by atoms with Crippen molar-refractivity contribution in [2.75, 3.05) is 33.5 Å². The number of ether oxygens (including phenoxy) is 3. The predicted molar refractivity (Wildman–Crippen MR) is 133 cm³/mol.